The molecule has 0 bridgehead atoms. The van der Waals surface area contributed by atoms with Gasteiger partial charge in [-0.1, -0.05) is 30.3 Å². The van der Waals surface area contributed by atoms with Crippen LogP contribution in [0.25, 0.3) is 0 Å². The highest BCUT2D eigenvalue weighted by atomic mass is 16.4. The fourth-order valence-electron chi connectivity index (χ4n) is 2.88. The molecule has 1 fully saturated rings. The number of carboxylic acids is 1. The SMILES string of the molecule is O=C(O)CCN1CCCN(CCCc2ccccc2)CC1. The minimum Gasteiger partial charge on any atom is -0.481 e. The van der Waals surface area contributed by atoms with Crippen molar-refractivity contribution in [3.8, 4) is 0 Å². The highest BCUT2D eigenvalue weighted by molar-refractivity contribution is 5.66. The summed E-state index contributed by atoms with van der Waals surface area (Å²) in [5, 5.41) is 8.75. The van der Waals surface area contributed by atoms with Gasteiger partial charge in [0.2, 0.25) is 0 Å². The molecule has 4 heteroatoms. The maximum absolute atomic E-state index is 10.6. The van der Waals surface area contributed by atoms with Gasteiger partial charge in [0, 0.05) is 19.6 Å². The summed E-state index contributed by atoms with van der Waals surface area (Å²) in [4.78, 5) is 15.4. The van der Waals surface area contributed by atoms with E-state index in [1.807, 2.05) is 0 Å². The summed E-state index contributed by atoms with van der Waals surface area (Å²) >= 11 is 0. The summed E-state index contributed by atoms with van der Waals surface area (Å²) < 4.78 is 0. The van der Waals surface area contributed by atoms with Crippen molar-refractivity contribution in [2.45, 2.75) is 25.7 Å². The van der Waals surface area contributed by atoms with Crippen LogP contribution in [0.1, 0.15) is 24.8 Å². The van der Waals surface area contributed by atoms with Gasteiger partial charge in [-0.05, 0) is 44.5 Å². The van der Waals surface area contributed by atoms with Gasteiger partial charge in [0.25, 0.3) is 0 Å². The lowest BCUT2D eigenvalue weighted by atomic mass is 10.1. The number of benzene rings is 1. The molecule has 0 spiro atoms. The predicted molar refractivity (Wildman–Crippen MR) is 84.5 cm³/mol. The van der Waals surface area contributed by atoms with Crippen LogP contribution >= 0.6 is 0 Å². The first kappa shape index (κ1) is 16.0. The third-order valence-electron chi connectivity index (χ3n) is 4.11. The Morgan fingerprint density at radius 1 is 1.00 bits per heavy atom. The van der Waals surface area contributed by atoms with Crippen LogP contribution in [0.4, 0.5) is 0 Å². The largest absolute Gasteiger partial charge is 0.481 e. The van der Waals surface area contributed by atoms with Crippen molar-refractivity contribution >= 4 is 5.97 Å². The van der Waals surface area contributed by atoms with Crippen LogP contribution in [0.2, 0.25) is 0 Å². The number of aliphatic carboxylic acids is 1. The first-order valence-electron chi connectivity index (χ1n) is 7.94. The molecule has 0 saturated carbocycles. The molecule has 0 atom stereocenters. The van der Waals surface area contributed by atoms with E-state index in [0.717, 1.165) is 45.6 Å². The van der Waals surface area contributed by atoms with Crippen LogP contribution in [0, 0.1) is 0 Å². The minimum atomic E-state index is -0.695. The zero-order valence-electron chi connectivity index (χ0n) is 12.7. The summed E-state index contributed by atoms with van der Waals surface area (Å²) in [6.07, 6.45) is 3.73. The standard InChI is InChI=1S/C17H26N2O2/c20-17(21)9-13-19-12-5-11-18(14-15-19)10-4-8-16-6-2-1-3-7-16/h1-3,6-7H,4-5,8-15H2,(H,20,21). The lowest BCUT2D eigenvalue weighted by molar-refractivity contribution is -0.137. The van der Waals surface area contributed by atoms with E-state index < -0.39 is 5.97 Å². The van der Waals surface area contributed by atoms with E-state index in [2.05, 4.69) is 40.1 Å². The van der Waals surface area contributed by atoms with Gasteiger partial charge in [0.1, 0.15) is 0 Å². The molecule has 0 amide bonds. The molecular formula is C17H26N2O2. The summed E-state index contributed by atoms with van der Waals surface area (Å²) in [7, 11) is 0. The van der Waals surface area contributed by atoms with Gasteiger partial charge in [0.05, 0.1) is 6.42 Å². The van der Waals surface area contributed by atoms with E-state index in [0.29, 0.717) is 6.54 Å². The lowest BCUT2D eigenvalue weighted by Gasteiger charge is -2.21. The molecule has 2 rings (SSSR count). The third kappa shape index (κ3) is 6.27. The third-order valence-corrected chi connectivity index (χ3v) is 4.11. The van der Waals surface area contributed by atoms with E-state index >= 15 is 0 Å². The molecule has 0 unspecified atom stereocenters. The molecule has 1 heterocycles. The van der Waals surface area contributed by atoms with Gasteiger partial charge in [-0.25, -0.2) is 0 Å². The number of rotatable bonds is 7. The van der Waals surface area contributed by atoms with Crippen molar-refractivity contribution in [3.05, 3.63) is 35.9 Å². The molecule has 1 saturated heterocycles. The quantitative estimate of drug-likeness (QED) is 0.835. The second-order valence-corrected chi connectivity index (χ2v) is 5.77. The molecule has 1 aromatic rings. The predicted octanol–water partition coefficient (Wildman–Crippen LogP) is 2.10. The van der Waals surface area contributed by atoms with E-state index in [9.17, 15) is 4.79 Å². The highest BCUT2D eigenvalue weighted by Crippen LogP contribution is 2.07. The maximum Gasteiger partial charge on any atom is 0.304 e. The number of hydrogen-bond donors (Lipinski definition) is 1. The summed E-state index contributed by atoms with van der Waals surface area (Å²) in [5.41, 5.74) is 1.41. The second kappa shape index (κ2) is 8.80. The monoisotopic (exact) mass is 290 g/mol. The molecule has 21 heavy (non-hydrogen) atoms. The smallest absolute Gasteiger partial charge is 0.304 e. The molecule has 1 N–H and O–H groups in total. The summed E-state index contributed by atoms with van der Waals surface area (Å²) in [6, 6.07) is 10.6. The molecule has 1 aliphatic heterocycles. The van der Waals surface area contributed by atoms with E-state index in [1.54, 1.807) is 0 Å². The zero-order valence-corrected chi connectivity index (χ0v) is 12.7. The Labute approximate surface area is 127 Å². The van der Waals surface area contributed by atoms with E-state index in [-0.39, 0.29) is 6.42 Å². The molecule has 116 valence electrons. The lowest BCUT2D eigenvalue weighted by Crippen LogP contribution is -2.32. The van der Waals surface area contributed by atoms with Crippen molar-refractivity contribution < 1.29 is 9.90 Å². The van der Waals surface area contributed by atoms with Crippen molar-refractivity contribution in [1.29, 1.82) is 0 Å². The van der Waals surface area contributed by atoms with Gasteiger partial charge in [0.15, 0.2) is 0 Å². The van der Waals surface area contributed by atoms with Gasteiger partial charge >= 0.3 is 5.97 Å². The van der Waals surface area contributed by atoms with Crippen LogP contribution < -0.4 is 0 Å². The molecule has 1 aromatic carbocycles. The fourth-order valence-corrected chi connectivity index (χ4v) is 2.88. The first-order valence-corrected chi connectivity index (χ1v) is 7.94. The Morgan fingerprint density at radius 2 is 1.67 bits per heavy atom. The summed E-state index contributed by atoms with van der Waals surface area (Å²) in [6.45, 7) is 6.06. The Morgan fingerprint density at radius 3 is 2.33 bits per heavy atom. The second-order valence-electron chi connectivity index (χ2n) is 5.77. The van der Waals surface area contributed by atoms with Crippen molar-refractivity contribution in [3.63, 3.8) is 0 Å². The van der Waals surface area contributed by atoms with Crippen LogP contribution in [0.3, 0.4) is 0 Å². The van der Waals surface area contributed by atoms with Gasteiger partial charge in [-0.15, -0.1) is 0 Å². The zero-order chi connectivity index (χ0) is 14.9. The van der Waals surface area contributed by atoms with Crippen molar-refractivity contribution in [2.24, 2.45) is 0 Å². The molecule has 0 aromatic heterocycles. The van der Waals surface area contributed by atoms with E-state index in [4.69, 9.17) is 5.11 Å². The van der Waals surface area contributed by atoms with E-state index in [1.165, 1.54) is 12.0 Å². The average molecular weight is 290 g/mol. The number of carboxylic acid groups (broad SMARTS) is 1. The molecular weight excluding hydrogens is 264 g/mol. The van der Waals surface area contributed by atoms with Crippen molar-refractivity contribution in [1.82, 2.24) is 9.80 Å². The maximum atomic E-state index is 10.6. The number of hydrogen-bond acceptors (Lipinski definition) is 3. The van der Waals surface area contributed by atoms with Gasteiger partial charge < -0.3 is 14.9 Å². The summed E-state index contributed by atoms with van der Waals surface area (Å²) in [5.74, 6) is -0.695. The van der Waals surface area contributed by atoms with Crippen LogP contribution in [-0.4, -0.2) is 60.1 Å². The topological polar surface area (TPSA) is 43.8 Å². The Hall–Kier alpha value is -1.39. The highest BCUT2D eigenvalue weighted by Gasteiger charge is 2.14. The van der Waals surface area contributed by atoms with Gasteiger partial charge in [-0.2, -0.15) is 0 Å². The van der Waals surface area contributed by atoms with Gasteiger partial charge in [-0.3, -0.25) is 4.79 Å². The molecule has 4 nitrogen and oxygen atoms in total. The Balaban J connectivity index is 1.65. The minimum absolute atomic E-state index is 0.258. The first-order chi connectivity index (χ1) is 10.2. The number of aryl methyl sites for hydroxylation is 1. The number of carbonyl (C=O) groups is 1. The molecule has 0 aliphatic carbocycles. The van der Waals surface area contributed by atoms with Crippen LogP contribution in [0.5, 0.6) is 0 Å². The molecule has 1 aliphatic rings. The normalized spacial score (nSPS) is 17.5. The number of nitrogens with zero attached hydrogens (tertiary/aromatic N) is 2. The Bertz CT molecular complexity index is 422. The average Bonchev–Trinajstić information content (AvgIpc) is 2.72. The fraction of sp³-hybridized carbons (Fsp3) is 0.588. The molecule has 0 radical (unpaired) electrons. The van der Waals surface area contributed by atoms with Crippen LogP contribution in [0.15, 0.2) is 30.3 Å². The van der Waals surface area contributed by atoms with Crippen molar-refractivity contribution in [2.75, 3.05) is 39.3 Å². The Kier molecular flexibility index (Phi) is 6.70. The van der Waals surface area contributed by atoms with Crippen LogP contribution in [-0.2, 0) is 11.2 Å².